The zero-order chi connectivity index (χ0) is 20.1. The molecule has 1 heterocycles. The van der Waals surface area contributed by atoms with Gasteiger partial charge in [0, 0.05) is 12.2 Å². The van der Waals surface area contributed by atoms with Crippen molar-refractivity contribution in [1.29, 1.82) is 0 Å². The van der Waals surface area contributed by atoms with Gasteiger partial charge in [0.25, 0.3) is 5.91 Å². The van der Waals surface area contributed by atoms with E-state index in [1.165, 1.54) is 0 Å². The molecule has 0 aromatic heterocycles. The van der Waals surface area contributed by atoms with Gasteiger partial charge in [-0.05, 0) is 57.9 Å². The molecule has 1 aliphatic heterocycles. The molecule has 0 radical (unpaired) electrons. The molecule has 28 heavy (non-hydrogen) atoms. The van der Waals surface area contributed by atoms with Crippen molar-refractivity contribution < 1.29 is 14.4 Å². The van der Waals surface area contributed by atoms with Crippen molar-refractivity contribution in [2.45, 2.75) is 57.9 Å². The van der Waals surface area contributed by atoms with Gasteiger partial charge in [0.15, 0.2) is 0 Å². The number of aryl methyl sites for hydroxylation is 1. The van der Waals surface area contributed by atoms with Gasteiger partial charge in [-0.2, -0.15) is 0 Å². The van der Waals surface area contributed by atoms with Crippen LogP contribution in [-0.2, 0) is 16.0 Å². The lowest BCUT2D eigenvalue weighted by molar-refractivity contribution is -0.137. The highest BCUT2D eigenvalue weighted by atomic mass is 16.2. The minimum absolute atomic E-state index is 0.202. The summed E-state index contributed by atoms with van der Waals surface area (Å²) in [7, 11) is 0. The molecular weight excluding hydrogens is 354 g/mol. The van der Waals surface area contributed by atoms with Crippen molar-refractivity contribution in [2.75, 3.05) is 13.1 Å². The van der Waals surface area contributed by atoms with Gasteiger partial charge in [0.05, 0.1) is 0 Å². The van der Waals surface area contributed by atoms with E-state index in [4.69, 9.17) is 0 Å². The van der Waals surface area contributed by atoms with E-state index in [1.807, 2.05) is 37.3 Å². The van der Waals surface area contributed by atoms with E-state index in [0.717, 1.165) is 41.8 Å². The van der Waals surface area contributed by atoms with Gasteiger partial charge in [-0.3, -0.25) is 14.5 Å². The molecule has 3 rings (SSSR count). The predicted molar refractivity (Wildman–Crippen MR) is 107 cm³/mol. The monoisotopic (exact) mass is 383 g/mol. The highest BCUT2D eigenvalue weighted by Crippen LogP contribution is 2.25. The molecule has 0 bridgehead atoms. The number of urea groups is 1. The smallest absolute Gasteiger partial charge is 0.323 e. The van der Waals surface area contributed by atoms with E-state index in [9.17, 15) is 14.4 Å². The lowest BCUT2D eigenvalue weighted by atomic mass is 9.93. The molecule has 6 nitrogen and oxygen atoms in total. The van der Waals surface area contributed by atoms with E-state index in [0.29, 0.717) is 19.4 Å². The molecule has 4 amide bonds. The van der Waals surface area contributed by atoms with Crippen LogP contribution in [-0.4, -0.2) is 46.3 Å². The SMILES string of the molecule is CCN(C(=O)CN1C(=O)N[C@@](C)(CCc2ccccc2)C1=O)C1=CCCCC1. The van der Waals surface area contributed by atoms with Crippen LogP contribution in [0.4, 0.5) is 4.79 Å². The molecule has 6 heteroatoms. The lowest BCUT2D eigenvalue weighted by Crippen LogP contribution is -2.46. The fraction of sp³-hybridized carbons (Fsp3) is 0.500. The third-order valence-corrected chi connectivity index (χ3v) is 5.63. The minimum Gasteiger partial charge on any atom is -0.323 e. The first-order valence-corrected chi connectivity index (χ1v) is 10.1. The number of likely N-dealkylation sites (N-methyl/N-ethyl adjacent to an activating group) is 1. The van der Waals surface area contributed by atoms with Gasteiger partial charge in [-0.15, -0.1) is 0 Å². The summed E-state index contributed by atoms with van der Waals surface area (Å²) in [6.45, 7) is 3.99. The molecule has 0 unspecified atom stereocenters. The van der Waals surface area contributed by atoms with Crippen LogP contribution in [0, 0.1) is 0 Å². The van der Waals surface area contributed by atoms with Crippen LogP contribution >= 0.6 is 0 Å². The second-order valence-corrected chi connectivity index (χ2v) is 7.72. The summed E-state index contributed by atoms with van der Waals surface area (Å²) >= 11 is 0. The number of nitrogens with zero attached hydrogens (tertiary/aromatic N) is 2. The van der Waals surface area contributed by atoms with Crippen LogP contribution in [0.15, 0.2) is 42.1 Å². The summed E-state index contributed by atoms with van der Waals surface area (Å²) in [4.78, 5) is 41.0. The van der Waals surface area contributed by atoms with Gasteiger partial charge < -0.3 is 10.2 Å². The number of hydrogen-bond acceptors (Lipinski definition) is 3. The maximum atomic E-state index is 12.9. The zero-order valence-electron chi connectivity index (χ0n) is 16.7. The normalized spacial score (nSPS) is 22.1. The zero-order valence-corrected chi connectivity index (χ0v) is 16.7. The van der Waals surface area contributed by atoms with Crippen molar-refractivity contribution in [1.82, 2.24) is 15.1 Å². The fourth-order valence-electron chi connectivity index (χ4n) is 3.93. The Morgan fingerprint density at radius 2 is 1.96 bits per heavy atom. The number of imide groups is 1. The van der Waals surface area contributed by atoms with Gasteiger partial charge in [-0.1, -0.05) is 36.4 Å². The van der Waals surface area contributed by atoms with Crippen LogP contribution in [0.25, 0.3) is 0 Å². The number of benzene rings is 1. The first-order valence-electron chi connectivity index (χ1n) is 10.1. The average molecular weight is 383 g/mol. The predicted octanol–water partition coefficient (Wildman–Crippen LogP) is 3.24. The molecule has 1 saturated heterocycles. The van der Waals surface area contributed by atoms with Crippen molar-refractivity contribution in [3.8, 4) is 0 Å². The highest BCUT2D eigenvalue weighted by Gasteiger charge is 2.48. The Labute approximate surface area is 166 Å². The Balaban J connectivity index is 1.65. The van der Waals surface area contributed by atoms with E-state index >= 15 is 0 Å². The van der Waals surface area contributed by atoms with E-state index < -0.39 is 11.6 Å². The lowest BCUT2D eigenvalue weighted by Gasteiger charge is -2.28. The molecule has 1 aromatic rings. The van der Waals surface area contributed by atoms with Crippen LogP contribution in [0.2, 0.25) is 0 Å². The first kappa shape index (κ1) is 20.1. The summed E-state index contributed by atoms with van der Waals surface area (Å²) in [5, 5.41) is 2.79. The van der Waals surface area contributed by atoms with Crippen molar-refractivity contribution in [3.05, 3.63) is 47.7 Å². The minimum atomic E-state index is -0.978. The molecule has 0 saturated carbocycles. The number of rotatable bonds is 7. The third-order valence-electron chi connectivity index (χ3n) is 5.63. The van der Waals surface area contributed by atoms with Gasteiger partial charge >= 0.3 is 6.03 Å². The maximum absolute atomic E-state index is 12.9. The number of nitrogens with one attached hydrogen (secondary N) is 1. The molecule has 1 aliphatic carbocycles. The number of allylic oxidation sites excluding steroid dienone is 2. The Kier molecular flexibility index (Phi) is 6.17. The average Bonchev–Trinajstić information content (AvgIpc) is 2.92. The van der Waals surface area contributed by atoms with E-state index in [-0.39, 0.29) is 18.4 Å². The van der Waals surface area contributed by atoms with Crippen molar-refractivity contribution in [2.24, 2.45) is 0 Å². The molecule has 1 fully saturated rings. The second kappa shape index (κ2) is 8.59. The van der Waals surface area contributed by atoms with Gasteiger partial charge in [0.1, 0.15) is 12.1 Å². The largest absolute Gasteiger partial charge is 0.325 e. The van der Waals surface area contributed by atoms with Crippen molar-refractivity contribution >= 4 is 17.8 Å². The third kappa shape index (κ3) is 4.26. The van der Waals surface area contributed by atoms with Crippen molar-refractivity contribution in [3.63, 3.8) is 0 Å². The Morgan fingerprint density at radius 1 is 1.21 bits per heavy atom. The standard InChI is InChI=1S/C22H29N3O3/c1-3-24(18-12-8-5-9-13-18)19(26)16-25-20(27)22(2,23-21(25)28)15-14-17-10-6-4-7-11-17/h4,6-7,10-12H,3,5,8-9,13-16H2,1-2H3,(H,23,28)/t22-/m0/s1. The summed E-state index contributed by atoms with van der Waals surface area (Å²) in [6, 6.07) is 9.38. The first-order chi connectivity index (χ1) is 13.4. The van der Waals surface area contributed by atoms with Crippen LogP contribution in [0.5, 0.6) is 0 Å². The summed E-state index contributed by atoms with van der Waals surface area (Å²) in [5.41, 5.74) is 1.15. The van der Waals surface area contributed by atoms with Gasteiger partial charge in [0.2, 0.25) is 5.91 Å². The molecule has 150 valence electrons. The fourth-order valence-corrected chi connectivity index (χ4v) is 3.93. The number of amides is 4. The van der Waals surface area contributed by atoms with Crippen LogP contribution in [0.3, 0.4) is 0 Å². The topological polar surface area (TPSA) is 69.7 Å². The number of carbonyl (C=O) groups is 3. The molecule has 0 spiro atoms. The Hall–Kier alpha value is -2.63. The Bertz CT molecular complexity index is 774. The summed E-state index contributed by atoms with van der Waals surface area (Å²) in [5.74, 6) is -0.526. The van der Waals surface area contributed by atoms with E-state index in [2.05, 4.69) is 11.4 Å². The Morgan fingerprint density at radius 3 is 2.61 bits per heavy atom. The highest BCUT2D eigenvalue weighted by molar-refractivity contribution is 6.08. The summed E-state index contributed by atoms with van der Waals surface area (Å²) < 4.78 is 0. The molecular formula is C22H29N3O3. The quantitative estimate of drug-likeness (QED) is 0.735. The maximum Gasteiger partial charge on any atom is 0.325 e. The number of hydrogen-bond donors (Lipinski definition) is 1. The second-order valence-electron chi connectivity index (χ2n) is 7.72. The molecule has 1 atom stereocenters. The molecule has 1 aromatic carbocycles. The number of carbonyl (C=O) groups excluding carboxylic acids is 3. The van der Waals surface area contributed by atoms with Gasteiger partial charge in [-0.25, -0.2) is 4.79 Å². The van der Waals surface area contributed by atoms with Crippen LogP contribution < -0.4 is 5.32 Å². The van der Waals surface area contributed by atoms with E-state index in [1.54, 1.807) is 11.8 Å². The molecule has 2 aliphatic rings. The van der Waals surface area contributed by atoms with Crippen LogP contribution in [0.1, 0.15) is 51.5 Å². The molecule has 1 N–H and O–H groups in total. The summed E-state index contributed by atoms with van der Waals surface area (Å²) in [6.07, 6.45) is 7.32.